The van der Waals surface area contributed by atoms with E-state index in [9.17, 15) is 14.4 Å². The van der Waals surface area contributed by atoms with Gasteiger partial charge in [-0.1, -0.05) is 285 Å². The van der Waals surface area contributed by atoms with Crippen molar-refractivity contribution in [3.05, 3.63) is 97.2 Å². The van der Waals surface area contributed by atoms with Gasteiger partial charge in [0.1, 0.15) is 13.2 Å². The number of unbranched alkanes of at least 4 members (excludes halogenated alkanes) is 34. The summed E-state index contributed by atoms with van der Waals surface area (Å²) >= 11 is 0. The van der Waals surface area contributed by atoms with E-state index in [0.717, 1.165) is 122 Å². The van der Waals surface area contributed by atoms with E-state index >= 15 is 0 Å². The number of ether oxygens (including phenoxy) is 3. The van der Waals surface area contributed by atoms with Crippen LogP contribution in [0.5, 0.6) is 0 Å². The maximum Gasteiger partial charge on any atom is 0.306 e. The average molecular weight is 1100 g/mol. The monoisotopic (exact) mass is 1100 g/mol. The molecule has 0 radical (unpaired) electrons. The molecule has 0 N–H and O–H groups in total. The SMILES string of the molecule is CC/C=C\C/C=C\C/C=C\C/C=C\C/C=C\CCCCCCCC(=O)OC(COC(=O)CCCCCCCCC/C=C\C/C=C\CCCCC)COC(=O)CCCCCCCCCCCCC/C=C\CCCCCCCCCC. The quantitative estimate of drug-likeness (QED) is 0.0261. The molecule has 0 rings (SSSR count). The lowest BCUT2D eigenvalue weighted by atomic mass is 10.0. The summed E-state index contributed by atoms with van der Waals surface area (Å²) in [4.78, 5) is 38.4. The van der Waals surface area contributed by atoms with Gasteiger partial charge in [0.2, 0.25) is 0 Å². The molecule has 0 aromatic carbocycles. The topological polar surface area (TPSA) is 78.9 Å². The summed E-state index contributed by atoms with van der Waals surface area (Å²) in [6.45, 7) is 6.51. The highest BCUT2D eigenvalue weighted by molar-refractivity contribution is 5.71. The van der Waals surface area contributed by atoms with Crippen LogP contribution >= 0.6 is 0 Å². The van der Waals surface area contributed by atoms with E-state index in [1.807, 2.05) is 0 Å². The highest BCUT2D eigenvalue weighted by atomic mass is 16.6. The fraction of sp³-hybridized carbons (Fsp3) is 0.740. The highest BCUT2D eigenvalue weighted by Crippen LogP contribution is 2.16. The highest BCUT2D eigenvalue weighted by Gasteiger charge is 2.19. The minimum Gasteiger partial charge on any atom is -0.462 e. The summed E-state index contributed by atoms with van der Waals surface area (Å²) in [7, 11) is 0. The number of hydrogen-bond donors (Lipinski definition) is 0. The van der Waals surface area contributed by atoms with Crippen molar-refractivity contribution in [3.8, 4) is 0 Å². The van der Waals surface area contributed by atoms with Gasteiger partial charge in [-0.25, -0.2) is 0 Å². The smallest absolute Gasteiger partial charge is 0.306 e. The summed E-state index contributed by atoms with van der Waals surface area (Å²) in [5, 5.41) is 0. The zero-order valence-electron chi connectivity index (χ0n) is 52.1. The molecule has 0 spiro atoms. The molecule has 0 aromatic rings. The number of esters is 3. The molecule has 79 heavy (non-hydrogen) atoms. The van der Waals surface area contributed by atoms with E-state index in [1.54, 1.807) is 0 Å². The van der Waals surface area contributed by atoms with Crippen LogP contribution in [0, 0.1) is 0 Å². The minimum atomic E-state index is -0.795. The molecule has 0 bridgehead atoms. The second kappa shape index (κ2) is 66.8. The number of carbonyl (C=O) groups is 3. The molecule has 6 heteroatoms. The van der Waals surface area contributed by atoms with Crippen molar-refractivity contribution < 1.29 is 28.6 Å². The predicted octanol–water partition coefficient (Wildman–Crippen LogP) is 23.2. The minimum absolute atomic E-state index is 0.0876. The van der Waals surface area contributed by atoms with Gasteiger partial charge in [-0.15, -0.1) is 0 Å². The van der Waals surface area contributed by atoms with Crippen LogP contribution in [0.4, 0.5) is 0 Å². The van der Waals surface area contributed by atoms with Gasteiger partial charge in [0.25, 0.3) is 0 Å². The third-order valence-electron chi connectivity index (χ3n) is 14.5. The summed E-state index contributed by atoms with van der Waals surface area (Å²) in [6.07, 6.45) is 89.8. The molecule has 0 saturated carbocycles. The Kier molecular flexibility index (Phi) is 63.7. The molecule has 0 fully saturated rings. The van der Waals surface area contributed by atoms with Gasteiger partial charge in [0, 0.05) is 19.3 Å². The molecular formula is C73H126O6. The first-order valence-corrected chi connectivity index (χ1v) is 33.7. The maximum absolute atomic E-state index is 12.9. The van der Waals surface area contributed by atoms with Crippen molar-refractivity contribution in [1.82, 2.24) is 0 Å². The van der Waals surface area contributed by atoms with Crippen LogP contribution in [0.2, 0.25) is 0 Å². The van der Waals surface area contributed by atoms with E-state index in [1.165, 1.54) is 167 Å². The van der Waals surface area contributed by atoms with Crippen molar-refractivity contribution in [2.45, 2.75) is 335 Å². The Balaban J connectivity index is 4.40. The molecule has 0 saturated heterocycles. The lowest BCUT2D eigenvalue weighted by molar-refractivity contribution is -0.167. The molecule has 0 aromatic heterocycles. The lowest BCUT2D eigenvalue weighted by Gasteiger charge is -2.18. The third-order valence-corrected chi connectivity index (χ3v) is 14.5. The molecule has 1 unspecified atom stereocenters. The predicted molar refractivity (Wildman–Crippen MR) is 344 cm³/mol. The van der Waals surface area contributed by atoms with Crippen LogP contribution in [-0.4, -0.2) is 37.2 Å². The van der Waals surface area contributed by atoms with Crippen LogP contribution < -0.4 is 0 Å². The van der Waals surface area contributed by atoms with Crippen molar-refractivity contribution >= 4 is 17.9 Å². The van der Waals surface area contributed by atoms with Crippen LogP contribution in [0.3, 0.4) is 0 Å². The number of hydrogen-bond acceptors (Lipinski definition) is 6. The molecule has 1 atom stereocenters. The first-order valence-electron chi connectivity index (χ1n) is 33.7. The van der Waals surface area contributed by atoms with Crippen molar-refractivity contribution in [3.63, 3.8) is 0 Å². The first-order chi connectivity index (χ1) is 39.0. The van der Waals surface area contributed by atoms with E-state index < -0.39 is 6.10 Å². The Hall–Kier alpha value is -3.67. The summed E-state index contributed by atoms with van der Waals surface area (Å²) < 4.78 is 17.0. The zero-order valence-corrected chi connectivity index (χ0v) is 52.1. The van der Waals surface area contributed by atoms with Gasteiger partial charge < -0.3 is 14.2 Å². The standard InChI is InChI=1S/C73H126O6/c1-4-7-10-13-16-19-22-25-28-31-33-35-36-38-39-42-45-48-51-54-57-60-63-66-72(75)78-69-70(68-77-71(74)65-62-59-56-53-50-47-44-41-30-27-24-21-18-15-12-9-6-3)79-73(76)67-64-61-58-55-52-49-46-43-40-37-34-32-29-26-23-20-17-14-11-8-5-2/h8,11,17-18,20-21,26-27,29-31,33-34,37,43,46,70H,4-7,9-10,12-16,19,22-25,28,32,35-36,38-42,44-45,47-69H2,1-3H3/b11-8-,20-17-,21-18-,29-26-,30-27-,33-31-,37-34-,46-43-. The van der Waals surface area contributed by atoms with Crippen LogP contribution in [0.15, 0.2) is 97.2 Å². The normalized spacial score (nSPS) is 12.7. The second-order valence-electron chi connectivity index (χ2n) is 22.3. The zero-order chi connectivity index (χ0) is 57.1. The molecule has 0 aliphatic heterocycles. The Labute approximate surface area is 489 Å². The van der Waals surface area contributed by atoms with Crippen LogP contribution in [0.25, 0.3) is 0 Å². The van der Waals surface area contributed by atoms with Crippen LogP contribution in [0.1, 0.15) is 329 Å². The average Bonchev–Trinajstić information content (AvgIpc) is 3.45. The second-order valence-corrected chi connectivity index (χ2v) is 22.3. The maximum atomic E-state index is 12.9. The van der Waals surface area contributed by atoms with Crippen LogP contribution in [-0.2, 0) is 28.6 Å². The first kappa shape index (κ1) is 75.3. The fourth-order valence-corrected chi connectivity index (χ4v) is 9.50. The number of carbonyl (C=O) groups excluding carboxylic acids is 3. The van der Waals surface area contributed by atoms with Crippen molar-refractivity contribution in [2.75, 3.05) is 13.2 Å². The lowest BCUT2D eigenvalue weighted by Crippen LogP contribution is -2.30. The van der Waals surface area contributed by atoms with Crippen molar-refractivity contribution in [2.24, 2.45) is 0 Å². The number of rotatable bonds is 61. The van der Waals surface area contributed by atoms with E-state index in [-0.39, 0.29) is 31.1 Å². The van der Waals surface area contributed by atoms with E-state index in [2.05, 4.69) is 118 Å². The third kappa shape index (κ3) is 65.0. The van der Waals surface area contributed by atoms with Gasteiger partial charge in [0.05, 0.1) is 0 Å². The molecule has 0 aliphatic carbocycles. The molecule has 454 valence electrons. The van der Waals surface area contributed by atoms with Gasteiger partial charge in [-0.05, 0) is 122 Å². The van der Waals surface area contributed by atoms with E-state index in [4.69, 9.17) is 14.2 Å². The Morgan fingerprint density at radius 3 is 0.810 bits per heavy atom. The Morgan fingerprint density at radius 1 is 0.266 bits per heavy atom. The molecule has 0 amide bonds. The fourth-order valence-electron chi connectivity index (χ4n) is 9.50. The Bertz CT molecular complexity index is 1540. The van der Waals surface area contributed by atoms with Crippen molar-refractivity contribution in [1.29, 1.82) is 0 Å². The summed E-state index contributed by atoms with van der Waals surface area (Å²) in [5.74, 6) is -0.903. The van der Waals surface area contributed by atoms with Gasteiger partial charge in [0.15, 0.2) is 6.10 Å². The van der Waals surface area contributed by atoms with Gasteiger partial charge in [-0.3, -0.25) is 14.4 Å². The summed E-state index contributed by atoms with van der Waals surface area (Å²) in [5.41, 5.74) is 0. The van der Waals surface area contributed by atoms with Gasteiger partial charge in [-0.2, -0.15) is 0 Å². The van der Waals surface area contributed by atoms with Gasteiger partial charge >= 0.3 is 17.9 Å². The number of allylic oxidation sites excluding steroid dienone is 16. The largest absolute Gasteiger partial charge is 0.462 e. The summed E-state index contributed by atoms with van der Waals surface area (Å²) in [6, 6.07) is 0. The molecule has 0 heterocycles. The Morgan fingerprint density at radius 2 is 0.494 bits per heavy atom. The molecule has 0 aliphatic rings. The molecule has 6 nitrogen and oxygen atoms in total. The molecular weight excluding hydrogens is 973 g/mol. The van der Waals surface area contributed by atoms with E-state index in [0.29, 0.717) is 19.3 Å².